The van der Waals surface area contributed by atoms with Crippen molar-refractivity contribution in [1.29, 1.82) is 0 Å². The summed E-state index contributed by atoms with van der Waals surface area (Å²) in [7, 11) is 3.19. The zero-order chi connectivity index (χ0) is 26.1. The monoisotopic (exact) mass is 495 g/mol. The van der Waals surface area contributed by atoms with Crippen LogP contribution < -0.4 is 20.1 Å². The number of para-hydroxylation sites is 3. The first-order valence-corrected chi connectivity index (χ1v) is 12.0. The molecule has 1 aliphatic rings. The summed E-state index contributed by atoms with van der Waals surface area (Å²) in [6.45, 7) is 6.01. The molecule has 8 nitrogen and oxygen atoms in total. The number of amides is 1. The number of ether oxygens (including phenoxy) is 2. The minimum atomic E-state index is -0.574. The minimum Gasteiger partial charge on any atom is -0.496 e. The molecule has 1 aromatic heterocycles. The number of nitrogens with one attached hydrogen (secondary N) is 2. The summed E-state index contributed by atoms with van der Waals surface area (Å²) >= 11 is 0. The topological polar surface area (TPSA) is 90.3 Å². The highest BCUT2D eigenvalue weighted by Gasteiger charge is 2.36. The number of rotatable bonds is 6. The zero-order valence-corrected chi connectivity index (χ0v) is 21.5. The van der Waals surface area contributed by atoms with Gasteiger partial charge in [0.1, 0.15) is 17.5 Å². The van der Waals surface area contributed by atoms with E-state index in [1.54, 1.807) is 31.0 Å². The van der Waals surface area contributed by atoms with E-state index in [9.17, 15) is 4.79 Å². The Morgan fingerprint density at radius 1 is 0.919 bits per heavy atom. The third kappa shape index (κ3) is 4.42. The molecule has 188 valence electrons. The van der Waals surface area contributed by atoms with Crippen LogP contribution in [-0.2, 0) is 4.79 Å². The van der Waals surface area contributed by atoms with E-state index in [-0.39, 0.29) is 5.91 Å². The molecule has 0 saturated heterocycles. The molecule has 0 saturated carbocycles. The number of aromatic nitrogens is 3. The first-order valence-electron chi connectivity index (χ1n) is 12.0. The maximum atomic E-state index is 13.8. The van der Waals surface area contributed by atoms with E-state index >= 15 is 0 Å². The van der Waals surface area contributed by atoms with Gasteiger partial charge in [0.15, 0.2) is 5.82 Å². The summed E-state index contributed by atoms with van der Waals surface area (Å²) in [6.07, 6.45) is 0. The smallest absolute Gasteiger partial charge is 0.255 e. The van der Waals surface area contributed by atoms with E-state index in [4.69, 9.17) is 19.6 Å². The third-order valence-corrected chi connectivity index (χ3v) is 6.65. The lowest BCUT2D eigenvalue weighted by atomic mass is 9.94. The van der Waals surface area contributed by atoms with E-state index in [2.05, 4.69) is 36.6 Å². The second-order valence-corrected chi connectivity index (χ2v) is 8.97. The lowest BCUT2D eigenvalue weighted by Gasteiger charge is -2.29. The van der Waals surface area contributed by atoms with Crippen molar-refractivity contribution in [2.45, 2.75) is 26.8 Å². The van der Waals surface area contributed by atoms with Crippen molar-refractivity contribution in [3.8, 4) is 22.9 Å². The summed E-state index contributed by atoms with van der Waals surface area (Å²) in [5.74, 6) is 2.07. The highest BCUT2D eigenvalue weighted by molar-refractivity contribution is 6.06. The van der Waals surface area contributed by atoms with Gasteiger partial charge in [-0.05, 0) is 56.2 Å². The number of fused-ring (bicyclic) bond motifs is 1. The van der Waals surface area contributed by atoms with Crippen molar-refractivity contribution >= 4 is 17.5 Å². The standard InChI is InChI=1S/C29H29N5O3/c1-17-14-15-20(16-18(17)2)27-32-29-30-19(3)25(28(35)31-22-11-7-9-13-24(22)37-5)26(34(29)33-27)21-10-6-8-12-23(21)36-4/h6-16,26H,1-5H3,(H,31,35)(H,30,32,33). The highest BCUT2D eigenvalue weighted by atomic mass is 16.5. The predicted octanol–water partition coefficient (Wildman–Crippen LogP) is 5.51. The third-order valence-electron chi connectivity index (χ3n) is 6.65. The SMILES string of the molecule is COc1ccccc1NC(=O)C1=C(C)Nc2nc(-c3ccc(C)c(C)c3)nn2C1c1ccccc1OC. The van der Waals surface area contributed by atoms with Crippen LogP contribution in [-0.4, -0.2) is 34.9 Å². The second kappa shape index (κ2) is 9.81. The largest absolute Gasteiger partial charge is 0.496 e. The molecule has 1 unspecified atom stereocenters. The Labute approximate surface area is 216 Å². The molecule has 0 fully saturated rings. The molecule has 37 heavy (non-hydrogen) atoms. The molecule has 2 N–H and O–H groups in total. The van der Waals surface area contributed by atoms with Gasteiger partial charge in [0, 0.05) is 16.8 Å². The molecule has 0 aliphatic carbocycles. The first-order chi connectivity index (χ1) is 17.9. The molecular weight excluding hydrogens is 466 g/mol. The maximum absolute atomic E-state index is 13.8. The average molecular weight is 496 g/mol. The van der Waals surface area contributed by atoms with Crippen LogP contribution in [0, 0.1) is 13.8 Å². The van der Waals surface area contributed by atoms with E-state index in [1.807, 2.05) is 49.4 Å². The number of anilines is 2. The van der Waals surface area contributed by atoms with Gasteiger partial charge in [0.25, 0.3) is 5.91 Å². The minimum absolute atomic E-state index is 0.278. The van der Waals surface area contributed by atoms with Gasteiger partial charge in [-0.25, -0.2) is 4.68 Å². The number of nitrogens with zero attached hydrogens (tertiary/aromatic N) is 3. The number of aryl methyl sites for hydroxylation is 2. The van der Waals surface area contributed by atoms with Gasteiger partial charge in [-0.2, -0.15) is 4.98 Å². The quantitative estimate of drug-likeness (QED) is 0.367. The molecule has 2 heterocycles. The van der Waals surface area contributed by atoms with Crippen molar-refractivity contribution in [3.63, 3.8) is 0 Å². The molecule has 3 aromatic carbocycles. The molecule has 1 aliphatic heterocycles. The van der Waals surface area contributed by atoms with Gasteiger partial charge in [-0.3, -0.25) is 4.79 Å². The van der Waals surface area contributed by atoms with Crippen LogP contribution in [0.3, 0.4) is 0 Å². The van der Waals surface area contributed by atoms with Crippen LogP contribution in [0.25, 0.3) is 11.4 Å². The van der Waals surface area contributed by atoms with E-state index in [0.717, 1.165) is 16.7 Å². The van der Waals surface area contributed by atoms with E-state index in [1.165, 1.54) is 5.56 Å². The van der Waals surface area contributed by atoms with Crippen molar-refractivity contribution < 1.29 is 14.3 Å². The van der Waals surface area contributed by atoms with Crippen LogP contribution in [0.1, 0.15) is 29.7 Å². The normalized spacial score (nSPS) is 14.6. The molecule has 0 bridgehead atoms. The summed E-state index contributed by atoms with van der Waals surface area (Å²) in [5.41, 5.74) is 5.82. The van der Waals surface area contributed by atoms with Gasteiger partial charge in [-0.1, -0.05) is 42.5 Å². The number of carbonyl (C=O) groups excluding carboxylic acids is 1. The molecule has 0 spiro atoms. The zero-order valence-electron chi connectivity index (χ0n) is 21.5. The maximum Gasteiger partial charge on any atom is 0.255 e. The Kier molecular flexibility index (Phi) is 6.40. The summed E-state index contributed by atoms with van der Waals surface area (Å²) in [4.78, 5) is 18.6. The summed E-state index contributed by atoms with van der Waals surface area (Å²) in [6, 6.07) is 20.5. The number of hydrogen-bond acceptors (Lipinski definition) is 6. The van der Waals surface area contributed by atoms with Crippen molar-refractivity contribution in [2.24, 2.45) is 0 Å². The predicted molar refractivity (Wildman–Crippen MR) is 144 cm³/mol. The number of benzene rings is 3. The Morgan fingerprint density at radius 2 is 1.62 bits per heavy atom. The summed E-state index contributed by atoms with van der Waals surface area (Å²) < 4.78 is 12.9. The van der Waals surface area contributed by atoms with Gasteiger partial charge in [0.05, 0.1) is 25.5 Å². The van der Waals surface area contributed by atoms with Crippen LogP contribution in [0.5, 0.6) is 11.5 Å². The average Bonchev–Trinajstić information content (AvgIpc) is 3.33. The lowest BCUT2D eigenvalue weighted by molar-refractivity contribution is -0.113. The van der Waals surface area contributed by atoms with Crippen LogP contribution in [0.2, 0.25) is 0 Å². The Hall–Kier alpha value is -4.59. The molecule has 1 atom stereocenters. The van der Waals surface area contributed by atoms with Gasteiger partial charge < -0.3 is 20.1 Å². The number of allylic oxidation sites excluding steroid dienone is 1. The van der Waals surface area contributed by atoms with Gasteiger partial charge >= 0.3 is 0 Å². The van der Waals surface area contributed by atoms with Gasteiger partial charge in [-0.15, -0.1) is 5.10 Å². The lowest BCUT2D eigenvalue weighted by Crippen LogP contribution is -2.31. The Balaban J connectivity index is 1.63. The van der Waals surface area contributed by atoms with Crippen molar-refractivity contribution in [3.05, 3.63) is 94.7 Å². The molecule has 0 radical (unpaired) electrons. The van der Waals surface area contributed by atoms with E-state index in [0.29, 0.717) is 40.2 Å². The van der Waals surface area contributed by atoms with Crippen molar-refractivity contribution in [1.82, 2.24) is 14.8 Å². The number of hydrogen-bond donors (Lipinski definition) is 2. The van der Waals surface area contributed by atoms with Gasteiger partial charge in [0.2, 0.25) is 5.95 Å². The first kappa shape index (κ1) is 24.1. The molecule has 4 aromatic rings. The highest BCUT2D eigenvalue weighted by Crippen LogP contribution is 2.40. The fourth-order valence-electron chi connectivity index (χ4n) is 4.57. The second-order valence-electron chi connectivity index (χ2n) is 8.97. The molecule has 1 amide bonds. The molecule has 8 heteroatoms. The fraction of sp³-hybridized carbons (Fsp3) is 0.207. The number of methoxy groups -OCH3 is 2. The fourth-order valence-corrected chi connectivity index (χ4v) is 4.57. The number of carbonyl (C=O) groups is 1. The molecular formula is C29H29N5O3. The summed E-state index contributed by atoms with van der Waals surface area (Å²) in [5, 5.41) is 11.2. The molecule has 5 rings (SSSR count). The Morgan fingerprint density at radius 3 is 2.35 bits per heavy atom. The van der Waals surface area contributed by atoms with Crippen LogP contribution in [0.15, 0.2) is 78.0 Å². The van der Waals surface area contributed by atoms with Crippen molar-refractivity contribution in [2.75, 3.05) is 24.9 Å². The van der Waals surface area contributed by atoms with E-state index < -0.39 is 6.04 Å². The van der Waals surface area contributed by atoms with Crippen LogP contribution >= 0.6 is 0 Å². The van der Waals surface area contributed by atoms with Crippen LogP contribution in [0.4, 0.5) is 11.6 Å². The Bertz CT molecular complexity index is 1520.